The van der Waals surface area contributed by atoms with Gasteiger partial charge in [0.1, 0.15) is 5.75 Å². The molecular weight excluding hydrogens is 204 g/mol. The van der Waals surface area contributed by atoms with Crippen LogP contribution in [0.5, 0.6) is 5.75 Å². The molecule has 1 aliphatic heterocycles. The Morgan fingerprint density at radius 2 is 2.38 bits per heavy atom. The maximum atomic E-state index is 11.0. The normalized spacial score (nSPS) is 14.4. The zero-order valence-electron chi connectivity index (χ0n) is 9.40. The lowest BCUT2D eigenvalue weighted by Crippen LogP contribution is -2.37. The molecule has 0 atom stereocenters. The van der Waals surface area contributed by atoms with Crippen LogP contribution in [0.25, 0.3) is 0 Å². The highest BCUT2D eigenvalue weighted by molar-refractivity contribution is 5.80. The number of hydrogen-bond acceptors (Lipinski definition) is 3. The molecule has 16 heavy (non-hydrogen) atoms. The Morgan fingerprint density at radius 1 is 1.56 bits per heavy atom. The summed E-state index contributed by atoms with van der Waals surface area (Å²) in [4.78, 5) is 13.0. The average Bonchev–Trinajstić information content (AvgIpc) is 2.28. The zero-order chi connectivity index (χ0) is 11.5. The molecule has 2 rings (SSSR count). The molecule has 1 aromatic carbocycles. The minimum Gasteiger partial charge on any atom is -0.497 e. The fourth-order valence-electron chi connectivity index (χ4n) is 2.13. The number of benzene rings is 1. The Kier molecular flexibility index (Phi) is 2.99. The Bertz CT molecular complexity index is 404. The highest BCUT2D eigenvalue weighted by Gasteiger charge is 2.18. The summed E-state index contributed by atoms with van der Waals surface area (Å²) in [5, 5.41) is 0. The smallest absolute Gasteiger partial charge is 0.236 e. The maximum Gasteiger partial charge on any atom is 0.236 e. The number of ether oxygens (including phenoxy) is 1. The Hall–Kier alpha value is -1.71. The molecule has 1 heterocycles. The van der Waals surface area contributed by atoms with Gasteiger partial charge in [0.05, 0.1) is 13.7 Å². The minimum absolute atomic E-state index is 0.288. The van der Waals surface area contributed by atoms with E-state index in [-0.39, 0.29) is 5.91 Å². The van der Waals surface area contributed by atoms with Gasteiger partial charge in [-0.25, -0.2) is 0 Å². The number of rotatable bonds is 3. The van der Waals surface area contributed by atoms with Crippen LogP contribution in [0.4, 0.5) is 5.69 Å². The lowest BCUT2D eigenvalue weighted by molar-refractivity contribution is -0.116. The number of nitrogens with two attached hydrogens (primary N) is 1. The van der Waals surface area contributed by atoms with E-state index in [4.69, 9.17) is 10.5 Å². The van der Waals surface area contributed by atoms with Crippen molar-refractivity contribution in [3.8, 4) is 5.75 Å². The summed E-state index contributed by atoms with van der Waals surface area (Å²) in [7, 11) is 1.66. The van der Waals surface area contributed by atoms with Crippen molar-refractivity contribution in [2.45, 2.75) is 12.8 Å². The van der Waals surface area contributed by atoms with E-state index in [2.05, 4.69) is 0 Å². The number of nitrogens with zero attached hydrogens (tertiary/aromatic N) is 1. The van der Waals surface area contributed by atoms with Gasteiger partial charge in [-0.3, -0.25) is 4.79 Å². The fraction of sp³-hybridized carbons (Fsp3) is 0.417. The quantitative estimate of drug-likeness (QED) is 0.824. The van der Waals surface area contributed by atoms with Crippen molar-refractivity contribution in [1.82, 2.24) is 0 Å². The minimum atomic E-state index is -0.288. The van der Waals surface area contributed by atoms with Gasteiger partial charge in [0.2, 0.25) is 5.91 Å². The van der Waals surface area contributed by atoms with Crippen molar-refractivity contribution in [2.24, 2.45) is 5.73 Å². The molecule has 0 spiro atoms. The lowest BCUT2D eigenvalue weighted by Gasteiger charge is -2.30. The second-order valence-corrected chi connectivity index (χ2v) is 3.99. The topological polar surface area (TPSA) is 55.6 Å². The number of hydrogen-bond donors (Lipinski definition) is 1. The van der Waals surface area contributed by atoms with E-state index in [1.54, 1.807) is 7.11 Å². The molecule has 2 N–H and O–H groups in total. The van der Waals surface area contributed by atoms with Gasteiger partial charge in [-0.1, -0.05) is 0 Å². The van der Waals surface area contributed by atoms with Gasteiger partial charge in [-0.05, 0) is 36.6 Å². The standard InChI is InChI=1S/C12H16N2O2/c1-16-10-4-5-11-9(7-10)3-2-6-14(11)8-12(13)15/h4-5,7H,2-3,6,8H2,1H3,(H2,13,15). The van der Waals surface area contributed by atoms with Crippen LogP contribution >= 0.6 is 0 Å². The van der Waals surface area contributed by atoms with E-state index in [0.29, 0.717) is 6.54 Å². The Balaban J connectivity index is 2.28. The van der Waals surface area contributed by atoms with Gasteiger partial charge in [-0.15, -0.1) is 0 Å². The molecule has 0 aromatic heterocycles. The average molecular weight is 220 g/mol. The Labute approximate surface area is 95.0 Å². The third-order valence-electron chi connectivity index (χ3n) is 2.85. The van der Waals surface area contributed by atoms with Crippen LogP contribution in [0.15, 0.2) is 18.2 Å². The Morgan fingerprint density at radius 3 is 3.06 bits per heavy atom. The lowest BCUT2D eigenvalue weighted by atomic mass is 10.0. The first-order valence-electron chi connectivity index (χ1n) is 5.41. The van der Waals surface area contributed by atoms with E-state index in [9.17, 15) is 4.79 Å². The summed E-state index contributed by atoms with van der Waals surface area (Å²) < 4.78 is 5.19. The first kappa shape index (κ1) is 10.8. The molecule has 0 fully saturated rings. The largest absolute Gasteiger partial charge is 0.497 e. The summed E-state index contributed by atoms with van der Waals surface area (Å²) in [6.45, 7) is 1.18. The van der Waals surface area contributed by atoms with E-state index >= 15 is 0 Å². The highest BCUT2D eigenvalue weighted by Crippen LogP contribution is 2.29. The van der Waals surface area contributed by atoms with Crippen LogP contribution in [0, 0.1) is 0 Å². The van der Waals surface area contributed by atoms with Crippen LogP contribution in [-0.2, 0) is 11.2 Å². The second kappa shape index (κ2) is 4.43. The zero-order valence-corrected chi connectivity index (χ0v) is 9.40. The first-order valence-corrected chi connectivity index (χ1v) is 5.41. The molecule has 86 valence electrons. The van der Waals surface area contributed by atoms with Crippen molar-refractivity contribution in [1.29, 1.82) is 0 Å². The summed E-state index contributed by atoms with van der Waals surface area (Å²) in [6.07, 6.45) is 2.08. The monoisotopic (exact) mass is 220 g/mol. The number of fused-ring (bicyclic) bond motifs is 1. The van der Waals surface area contributed by atoms with Crippen LogP contribution in [0.3, 0.4) is 0 Å². The summed E-state index contributed by atoms with van der Waals surface area (Å²) >= 11 is 0. The molecule has 0 saturated heterocycles. The molecule has 1 amide bonds. The van der Waals surface area contributed by atoms with E-state index in [1.165, 1.54) is 5.56 Å². The molecule has 0 saturated carbocycles. The third-order valence-corrected chi connectivity index (χ3v) is 2.85. The fourth-order valence-corrected chi connectivity index (χ4v) is 2.13. The van der Waals surface area contributed by atoms with Crippen LogP contribution < -0.4 is 15.4 Å². The van der Waals surface area contributed by atoms with Crippen molar-refractivity contribution in [3.63, 3.8) is 0 Å². The van der Waals surface area contributed by atoms with Gasteiger partial charge in [0, 0.05) is 12.2 Å². The van der Waals surface area contributed by atoms with Crippen LogP contribution in [-0.4, -0.2) is 26.1 Å². The predicted molar refractivity (Wildman–Crippen MR) is 62.7 cm³/mol. The molecule has 4 nitrogen and oxygen atoms in total. The van der Waals surface area contributed by atoms with Crippen LogP contribution in [0.1, 0.15) is 12.0 Å². The number of methoxy groups -OCH3 is 1. The number of primary amides is 1. The summed E-state index contributed by atoms with van der Waals surface area (Å²) in [5.74, 6) is 0.573. The highest BCUT2D eigenvalue weighted by atomic mass is 16.5. The van der Waals surface area contributed by atoms with E-state index in [0.717, 1.165) is 30.8 Å². The van der Waals surface area contributed by atoms with Gasteiger partial charge in [-0.2, -0.15) is 0 Å². The molecular formula is C12H16N2O2. The van der Waals surface area contributed by atoms with E-state index in [1.807, 2.05) is 23.1 Å². The van der Waals surface area contributed by atoms with Crippen molar-refractivity contribution >= 4 is 11.6 Å². The number of carbonyl (C=O) groups is 1. The van der Waals surface area contributed by atoms with Gasteiger partial charge in [0.25, 0.3) is 0 Å². The number of anilines is 1. The molecule has 1 aliphatic rings. The molecule has 0 unspecified atom stereocenters. The molecule has 1 aromatic rings. The number of carbonyl (C=O) groups excluding carboxylic acids is 1. The van der Waals surface area contributed by atoms with Crippen molar-refractivity contribution in [2.75, 3.05) is 25.1 Å². The van der Waals surface area contributed by atoms with Crippen LogP contribution in [0.2, 0.25) is 0 Å². The van der Waals surface area contributed by atoms with Crippen molar-refractivity contribution in [3.05, 3.63) is 23.8 Å². The summed E-state index contributed by atoms with van der Waals surface area (Å²) in [5.41, 5.74) is 7.56. The van der Waals surface area contributed by atoms with Gasteiger partial charge >= 0.3 is 0 Å². The molecule has 0 radical (unpaired) electrons. The molecule has 4 heteroatoms. The van der Waals surface area contributed by atoms with E-state index < -0.39 is 0 Å². The number of aryl methyl sites for hydroxylation is 1. The maximum absolute atomic E-state index is 11.0. The second-order valence-electron chi connectivity index (χ2n) is 3.99. The number of amides is 1. The first-order chi connectivity index (χ1) is 7.70. The van der Waals surface area contributed by atoms with Crippen molar-refractivity contribution < 1.29 is 9.53 Å². The predicted octanol–water partition coefficient (Wildman–Crippen LogP) is 0.933. The molecule has 0 bridgehead atoms. The summed E-state index contributed by atoms with van der Waals surface area (Å²) in [6, 6.07) is 5.94. The SMILES string of the molecule is COc1ccc2c(c1)CCCN2CC(N)=O. The van der Waals surface area contributed by atoms with Gasteiger partial charge in [0.15, 0.2) is 0 Å². The third kappa shape index (κ3) is 2.10. The molecule has 0 aliphatic carbocycles. The van der Waals surface area contributed by atoms with Gasteiger partial charge < -0.3 is 15.4 Å².